The number of anilines is 1. The maximum absolute atomic E-state index is 12.8. The molecular formula is C18H17Cl2N3O3. The lowest BCUT2D eigenvalue weighted by Crippen LogP contribution is -2.39. The molecular weight excluding hydrogens is 377 g/mol. The number of hydrogen-bond acceptors (Lipinski definition) is 4. The SMILES string of the molecule is CCCCN1Cc2cc(C(=O)c3cc(Cl)cc(Cl)c3O)cnc2NC1=O. The topological polar surface area (TPSA) is 82.5 Å². The summed E-state index contributed by atoms with van der Waals surface area (Å²) in [5, 5.41) is 13.1. The number of fused-ring (bicyclic) bond motifs is 1. The number of carbonyl (C=O) groups is 2. The van der Waals surface area contributed by atoms with Gasteiger partial charge < -0.3 is 10.0 Å². The van der Waals surface area contributed by atoms with Crippen molar-refractivity contribution in [3.63, 3.8) is 0 Å². The highest BCUT2D eigenvalue weighted by atomic mass is 35.5. The third-order valence-electron chi connectivity index (χ3n) is 4.16. The lowest BCUT2D eigenvalue weighted by Gasteiger charge is -2.28. The Labute approximate surface area is 160 Å². The van der Waals surface area contributed by atoms with Gasteiger partial charge in [-0.25, -0.2) is 9.78 Å². The number of aromatic hydroxyl groups is 1. The summed E-state index contributed by atoms with van der Waals surface area (Å²) >= 11 is 11.8. The van der Waals surface area contributed by atoms with E-state index in [0.717, 1.165) is 18.4 Å². The number of nitrogens with zero attached hydrogens (tertiary/aromatic N) is 2. The lowest BCUT2D eigenvalue weighted by atomic mass is 10.0. The van der Waals surface area contributed by atoms with E-state index in [1.807, 2.05) is 0 Å². The van der Waals surface area contributed by atoms with E-state index in [4.69, 9.17) is 23.2 Å². The van der Waals surface area contributed by atoms with E-state index in [0.29, 0.717) is 18.9 Å². The lowest BCUT2D eigenvalue weighted by molar-refractivity contribution is 0.103. The first-order chi connectivity index (χ1) is 12.4. The second kappa shape index (κ2) is 7.51. The third-order valence-corrected chi connectivity index (χ3v) is 4.66. The molecule has 0 spiro atoms. The van der Waals surface area contributed by atoms with Crippen molar-refractivity contribution in [2.45, 2.75) is 26.3 Å². The first-order valence-electron chi connectivity index (χ1n) is 8.18. The van der Waals surface area contributed by atoms with Crippen LogP contribution in [0, 0.1) is 0 Å². The quantitative estimate of drug-likeness (QED) is 0.733. The summed E-state index contributed by atoms with van der Waals surface area (Å²) < 4.78 is 0. The number of benzene rings is 1. The van der Waals surface area contributed by atoms with Crippen LogP contribution in [0.15, 0.2) is 24.4 Å². The minimum Gasteiger partial charge on any atom is -0.506 e. The number of amides is 2. The molecule has 2 heterocycles. The molecule has 1 aromatic heterocycles. The van der Waals surface area contributed by atoms with Crippen molar-refractivity contribution < 1.29 is 14.7 Å². The Hall–Kier alpha value is -2.31. The number of phenols is 1. The van der Waals surface area contributed by atoms with Gasteiger partial charge >= 0.3 is 6.03 Å². The molecule has 6 nitrogen and oxygen atoms in total. The Bertz CT molecular complexity index is 886. The predicted octanol–water partition coefficient (Wildman–Crippen LogP) is 4.47. The summed E-state index contributed by atoms with van der Waals surface area (Å²) in [6.07, 6.45) is 3.23. The van der Waals surface area contributed by atoms with Gasteiger partial charge in [-0.15, -0.1) is 0 Å². The van der Waals surface area contributed by atoms with Gasteiger partial charge in [0.15, 0.2) is 5.78 Å². The van der Waals surface area contributed by atoms with E-state index in [9.17, 15) is 14.7 Å². The van der Waals surface area contributed by atoms with Crippen LogP contribution in [-0.2, 0) is 6.54 Å². The van der Waals surface area contributed by atoms with Crippen LogP contribution < -0.4 is 5.32 Å². The zero-order chi connectivity index (χ0) is 18.8. The van der Waals surface area contributed by atoms with Crippen molar-refractivity contribution in [1.29, 1.82) is 0 Å². The molecule has 1 aliphatic heterocycles. The molecule has 0 unspecified atom stereocenters. The van der Waals surface area contributed by atoms with Gasteiger partial charge in [0.25, 0.3) is 0 Å². The molecule has 0 radical (unpaired) electrons. The van der Waals surface area contributed by atoms with E-state index in [2.05, 4.69) is 17.2 Å². The number of rotatable bonds is 5. The van der Waals surface area contributed by atoms with Gasteiger partial charge in [0, 0.05) is 28.9 Å². The van der Waals surface area contributed by atoms with Crippen molar-refractivity contribution >= 4 is 40.8 Å². The van der Waals surface area contributed by atoms with Crippen LogP contribution >= 0.6 is 23.2 Å². The van der Waals surface area contributed by atoms with Gasteiger partial charge in [-0.3, -0.25) is 10.1 Å². The monoisotopic (exact) mass is 393 g/mol. The summed E-state index contributed by atoms with van der Waals surface area (Å²) in [6, 6.07) is 4.19. The van der Waals surface area contributed by atoms with Crippen molar-refractivity contribution in [3.8, 4) is 5.75 Å². The number of hydrogen-bond donors (Lipinski definition) is 2. The minimum absolute atomic E-state index is 0.00442. The number of unbranched alkanes of at least 4 members (excludes halogenated alkanes) is 1. The highest BCUT2D eigenvalue weighted by Gasteiger charge is 2.25. The Morgan fingerprint density at radius 2 is 2.12 bits per heavy atom. The van der Waals surface area contributed by atoms with E-state index >= 15 is 0 Å². The summed E-state index contributed by atoms with van der Waals surface area (Å²) in [5.74, 6) is -0.330. The molecule has 1 aliphatic rings. The van der Waals surface area contributed by atoms with Gasteiger partial charge in [-0.05, 0) is 24.6 Å². The molecule has 0 fully saturated rings. The Morgan fingerprint density at radius 3 is 2.85 bits per heavy atom. The van der Waals surface area contributed by atoms with E-state index in [-0.39, 0.29) is 33.0 Å². The first-order valence-corrected chi connectivity index (χ1v) is 8.94. The number of phenolic OH excluding ortho intramolecular Hbond substituents is 1. The zero-order valence-corrected chi connectivity index (χ0v) is 15.6. The Balaban J connectivity index is 1.92. The number of urea groups is 1. The number of carbonyl (C=O) groups excluding carboxylic acids is 2. The summed E-state index contributed by atoms with van der Waals surface area (Å²) in [6.45, 7) is 3.05. The van der Waals surface area contributed by atoms with Crippen LogP contribution in [0.5, 0.6) is 5.75 Å². The largest absolute Gasteiger partial charge is 0.506 e. The molecule has 3 rings (SSSR count). The Kier molecular flexibility index (Phi) is 5.34. The van der Waals surface area contributed by atoms with Crippen LogP contribution in [0.4, 0.5) is 10.6 Å². The van der Waals surface area contributed by atoms with E-state index in [1.165, 1.54) is 18.3 Å². The molecule has 136 valence electrons. The van der Waals surface area contributed by atoms with E-state index in [1.54, 1.807) is 11.0 Å². The maximum Gasteiger partial charge on any atom is 0.323 e. The summed E-state index contributed by atoms with van der Waals surface area (Å²) in [7, 11) is 0. The number of halogens is 2. The van der Waals surface area contributed by atoms with Gasteiger partial charge in [0.05, 0.1) is 17.1 Å². The van der Waals surface area contributed by atoms with Crippen molar-refractivity contribution in [3.05, 3.63) is 51.1 Å². The number of pyridine rings is 1. The second-order valence-electron chi connectivity index (χ2n) is 6.05. The Morgan fingerprint density at radius 1 is 1.35 bits per heavy atom. The first kappa shape index (κ1) is 18.5. The van der Waals surface area contributed by atoms with Crippen LogP contribution in [0.25, 0.3) is 0 Å². The molecule has 0 bridgehead atoms. The number of ketones is 1. The third kappa shape index (κ3) is 3.61. The minimum atomic E-state index is -0.445. The van der Waals surface area contributed by atoms with Crippen molar-refractivity contribution in [1.82, 2.24) is 9.88 Å². The van der Waals surface area contributed by atoms with Crippen LogP contribution in [0.2, 0.25) is 10.0 Å². The van der Waals surface area contributed by atoms with Gasteiger partial charge in [0.1, 0.15) is 11.6 Å². The fourth-order valence-electron chi connectivity index (χ4n) is 2.75. The van der Waals surface area contributed by atoms with Crippen LogP contribution in [0.1, 0.15) is 41.3 Å². The van der Waals surface area contributed by atoms with Crippen molar-refractivity contribution in [2.24, 2.45) is 0 Å². The molecule has 2 aromatic rings. The molecule has 8 heteroatoms. The normalized spacial score (nSPS) is 13.3. The van der Waals surface area contributed by atoms with Crippen molar-refractivity contribution in [2.75, 3.05) is 11.9 Å². The average Bonchev–Trinajstić information content (AvgIpc) is 2.62. The van der Waals surface area contributed by atoms with Gasteiger partial charge in [0.2, 0.25) is 0 Å². The van der Waals surface area contributed by atoms with E-state index < -0.39 is 5.78 Å². The highest BCUT2D eigenvalue weighted by Crippen LogP contribution is 2.33. The van der Waals surface area contributed by atoms with Crippen LogP contribution in [0.3, 0.4) is 0 Å². The highest BCUT2D eigenvalue weighted by molar-refractivity contribution is 6.36. The number of nitrogens with one attached hydrogen (secondary N) is 1. The molecule has 0 saturated heterocycles. The molecule has 26 heavy (non-hydrogen) atoms. The predicted molar refractivity (Wildman–Crippen MR) is 100 cm³/mol. The smallest absolute Gasteiger partial charge is 0.323 e. The molecule has 0 aliphatic carbocycles. The fourth-order valence-corrected chi connectivity index (χ4v) is 3.24. The number of aromatic nitrogens is 1. The van der Waals surface area contributed by atoms with Crippen LogP contribution in [-0.4, -0.2) is 33.3 Å². The fraction of sp³-hybridized carbons (Fsp3) is 0.278. The average molecular weight is 394 g/mol. The summed E-state index contributed by atoms with van der Waals surface area (Å²) in [4.78, 5) is 30.7. The molecule has 1 aromatic carbocycles. The molecule has 0 atom stereocenters. The summed E-state index contributed by atoms with van der Waals surface area (Å²) in [5.41, 5.74) is 1.02. The second-order valence-corrected chi connectivity index (χ2v) is 6.89. The molecule has 2 amide bonds. The molecule has 2 N–H and O–H groups in total. The molecule has 0 saturated carbocycles. The van der Waals surface area contributed by atoms with Gasteiger partial charge in [-0.1, -0.05) is 36.5 Å². The zero-order valence-electron chi connectivity index (χ0n) is 14.1. The van der Waals surface area contributed by atoms with Gasteiger partial charge in [-0.2, -0.15) is 0 Å². The maximum atomic E-state index is 12.8. The standard InChI is InChI=1S/C18H17Cl2N3O3/c1-2-3-4-23-9-11-5-10(8-21-17(11)22-18(23)26)15(24)13-6-12(19)7-14(20)16(13)25/h5-8,25H,2-4,9H2,1H3,(H,21,22,26).